The van der Waals surface area contributed by atoms with Crippen molar-refractivity contribution in [2.24, 2.45) is 0 Å². The molecule has 0 fully saturated rings. The molecule has 0 aliphatic rings. The van der Waals surface area contributed by atoms with E-state index < -0.39 is 6.29 Å². The zero-order valence-electron chi connectivity index (χ0n) is 8.02. The van der Waals surface area contributed by atoms with E-state index in [-0.39, 0.29) is 0 Å². The number of aryl methyl sites for hydroxylation is 1. The van der Waals surface area contributed by atoms with E-state index in [1.807, 2.05) is 31.2 Å². The van der Waals surface area contributed by atoms with Gasteiger partial charge in [0.1, 0.15) is 0 Å². The number of ether oxygens (including phenoxy) is 1. The summed E-state index contributed by atoms with van der Waals surface area (Å²) < 4.78 is 9.58. The number of carbonyl (C=O) groups excluding carboxylic acids is 1. The molecule has 0 N–H and O–H groups in total. The topological polar surface area (TPSA) is 35.5 Å². The number of hydrogen-bond donors (Lipinski definition) is 0. The van der Waals surface area contributed by atoms with E-state index in [0.29, 0.717) is 0 Å². The molecular formula is C10H11O3S. The highest BCUT2D eigenvalue weighted by Crippen LogP contribution is 2.21. The van der Waals surface area contributed by atoms with Crippen LogP contribution in [0.4, 0.5) is 0 Å². The Hall–Kier alpha value is -1.00. The van der Waals surface area contributed by atoms with E-state index in [0.717, 1.165) is 4.90 Å². The first-order chi connectivity index (χ1) is 6.72. The van der Waals surface area contributed by atoms with Crippen LogP contribution in [0.15, 0.2) is 29.2 Å². The molecule has 0 bridgehead atoms. The van der Waals surface area contributed by atoms with Crippen molar-refractivity contribution >= 4 is 18.5 Å². The third kappa shape index (κ3) is 3.81. The van der Waals surface area contributed by atoms with Crippen molar-refractivity contribution in [3.8, 4) is 0 Å². The molecule has 1 aromatic carbocycles. The van der Waals surface area contributed by atoms with E-state index in [2.05, 4.69) is 4.74 Å². The minimum atomic E-state index is -0.584. The lowest BCUT2D eigenvalue weighted by molar-refractivity contribution is 0.0264. The zero-order chi connectivity index (χ0) is 10.4. The van der Waals surface area contributed by atoms with Crippen LogP contribution in [0.1, 0.15) is 12.5 Å². The van der Waals surface area contributed by atoms with Crippen LogP contribution >= 0.6 is 12.0 Å². The molecule has 75 valence electrons. The largest absolute Gasteiger partial charge is 0.427 e. The van der Waals surface area contributed by atoms with Crippen molar-refractivity contribution in [1.29, 1.82) is 0 Å². The van der Waals surface area contributed by atoms with Crippen LogP contribution in [0.5, 0.6) is 0 Å². The van der Waals surface area contributed by atoms with Crippen molar-refractivity contribution < 1.29 is 13.7 Å². The molecule has 1 unspecified atom stereocenters. The Morgan fingerprint density at radius 3 is 2.57 bits per heavy atom. The van der Waals surface area contributed by atoms with Crippen molar-refractivity contribution in [2.75, 3.05) is 0 Å². The Labute approximate surface area is 87.6 Å². The molecule has 3 nitrogen and oxygen atoms in total. The third-order valence-electron chi connectivity index (χ3n) is 1.51. The fourth-order valence-electron chi connectivity index (χ4n) is 0.805. The second-order valence-electron chi connectivity index (χ2n) is 2.76. The summed E-state index contributed by atoms with van der Waals surface area (Å²) in [6, 6.07) is 7.86. The predicted molar refractivity (Wildman–Crippen MR) is 54.4 cm³/mol. The van der Waals surface area contributed by atoms with Gasteiger partial charge in [-0.1, -0.05) is 17.7 Å². The average molecular weight is 211 g/mol. The fourth-order valence-corrected chi connectivity index (χ4v) is 1.34. The van der Waals surface area contributed by atoms with Gasteiger partial charge in [-0.3, -0.25) is 4.18 Å². The first-order valence-corrected chi connectivity index (χ1v) is 4.89. The van der Waals surface area contributed by atoms with Gasteiger partial charge >= 0.3 is 6.47 Å². The molecule has 0 heterocycles. The Morgan fingerprint density at radius 2 is 2.00 bits per heavy atom. The van der Waals surface area contributed by atoms with Gasteiger partial charge in [-0.25, -0.2) is 4.79 Å². The lowest BCUT2D eigenvalue weighted by Crippen LogP contribution is -2.06. The highest BCUT2D eigenvalue weighted by atomic mass is 32.2. The number of rotatable bonds is 5. The number of hydrogen-bond acceptors (Lipinski definition) is 4. The molecular weight excluding hydrogens is 200 g/mol. The maximum atomic E-state index is 9.83. The predicted octanol–water partition coefficient (Wildman–Crippen LogP) is 2.45. The first-order valence-electron chi connectivity index (χ1n) is 4.15. The number of benzene rings is 1. The third-order valence-corrected chi connectivity index (χ3v) is 2.35. The summed E-state index contributed by atoms with van der Waals surface area (Å²) in [4.78, 5) is 10.8. The summed E-state index contributed by atoms with van der Waals surface area (Å²) in [5.74, 6) is 0. The molecule has 0 spiro atoms. The summed E-state index contributed by atoms with van der Waals surface area (Å²) in [6.45, 7) is 4.97. The van der Waals surface area contributed by atoms with Gasteiger partial charge in [-0.05, 0) is 26.0 Å². The van der Waals surface area contributed by atoms with Gasteiger partial charge in [0.25, 0.3) is 0 Å². The summed E-state index contributed by atoms with van der Waals surface area (Å²) >= 11 is 1.17. The van der Waals surface area contributed by atoms with E-state index in [1.54, 1.807) is 6.92 Å². The smallest absolute Gasteiger partial charge is 0.419 e. The van der Waals surface area contributed by atoms with E-state index in [1.165, 1.54) is 24.1 Å². The van der Waals surface area contributed by atoms with Gasteiger partial charge < -0.3 is 4.74 Å². The van der Waals surface area contributed by atoms with Crippen molar-refractivity contribution in [2.45, 2.75) is 25.0 Å². The minimum absolute atomic E-state index is 0.584. The van der Waals surface area contributed by atoms with Crippen LogP contribution < -0.4 is 0 Å². The van der Waals surface area contributed by atoms with Crippen molar-refractivity contribution in [3.63, 3.8) is 0 Å². The summed E-state index contributed by atoms with van der Waals surface area (Å²) in [7, 11) is 0. The molecule has 0 aromatic heterocycles. The summed E-state index contributed by atoms with van der Waals surface area (Å²) in [5.41, 5.74) is 1.19. The summed E-state index contributed by atoms with van der Waals surface area (Å²) in [5, 5.41) is 0. The summed E-state index contributed by atoms with van der Waals surface area (Å²) in [6.07, 6.45) is -0.584. The SMILES string of the molecule is Cc1ccc(SOC(C)O[C]=O)cc1. The molecule has 4 heteroatoms. The molecule has 1 rings (SSSR count). The minimum Gasteiger partial charge on any atom is -0.427 e. The molecule has 0 amide bonds. The monoisotopic (exact) mass is 211 g/mol. The van der Waals surface area contributed by atoms with E-state index in [4.69, 9.17) is 4.18 Å². The van der Waals surface area contributed by atoms with Crippen LogP contribution in [0, 0.1) is 6.92 Å². The van der Waals surface area contributed by atoms with E-state index >= 15 is 0 Å². The lowest BCUT2D eigenvalue weighted by Gasteiger charge is -2.08. The second-order valence-corrected chi connectivity index (χ2v) is 3.59. The molecule has 14 heavy (non-hydrogen) atoms. The highest BCUT2D eigenvalue weighted by molar-refractivity contribution is 7.94. The fraction of sp³-hybridized carbons (Fsp3) is 0.300. The normalized spacial score (nSPS) is 12.1. The van der Waals surface area contributed by atoms with Crippen LogP contribution in [-0.4, -0.2) is 12.8 Å². The van der Waals surface area contributed by atoms with Crippen LogP contribution in [0.25, 0.3) is 0 Å². The Kier molecular flexibility index (Phi) is 4.49. The average Bonchev–Trinajstić information content (AvgIpc) is 2.17. The van der Waals surface area contributed by atoms with Gasteiger partial charge in [-0.2, -0.15) is 0 Å². The van der Waals surface area contributed by atoms with Crippen LogP contribution in [-0.2, 0) is 13.7 Å². The zero-order valence-corrected chi connectivity index (χ0v) is 8.84. The van der Waals surface area contributed by atoms with Gasteiger partial charge in [0.05, 0.1) is 0 Å². The molecule has 0 saturated heterocycles. The van der Waals surface area contributed by atoms with Gasteiger partial charge in [-0.15, -0.1) is 0 Å². The molecule has 1 radical (unpaired) electrons. The molecule has 1 aromatic rings. The molecule has 0 aliphatic carbocycles. The Morgan fingerprint density at radius 1 is 1.36 bits per heavy atom. The maximum Gasteiger partial charge on any atom is 0.419 e. The maximum absolute atomic E-state index is 9.83. The van der Waals surface area contributed by atoms with Crippen molar-refractivity contribution in [1.82, 2.24) is 0 Å². The first kappa shape index (κ1) is 11.1. The van der Waals surface area contributed by atoms with Crippen LogP contribution in [0.2, 0.25) is 0 Å². The Balaban J connectivity index is 2.37. The second kappa shape index (κ2) is 5.67. The quantitative estimate of drug-likeness (QED) is 0.553. The molecule has 1 atom stereocenters. The van der Waals surface area contributed by atoms with Gasteiger partial charge in [0.2, 0.25) is 6.29 Å². The van der Waals surface area contributed by atoms with Gasteiger partial charge in [0.15, 0.2) is 0 Å². The molecule has 0 saturated carbocycles. The highest BCUT2D eigenvalue weighted by Gasteiger charge is 2.03. The standard InChI is InChI=1S/C10H11O3S/c1-8-3-5-10(6-4-8)14-13-9(2)12-7-11/h3-6,9H,1-2H3. The van der Waals surface area contributed by atoms with Crippen LogP contribution in [0.3, 0.4) is 0 Å². The molecule has 0 aliphatic heterocycles. The van der Waals surface area contributed by atoms with Crippen molar-refractivity contribution in [3.05, 3.63) is 29.8 Å². The lowest BCUT2D eigenvalue weighted by atomic mass is 10.2. The Bertz CT molecular complexity index is 284. The van der Waals surface area contributed by atoms with E-state index in [9.17, 15) is 4.79 Å². The van der Waals surface area contributed by atoms with Gasteiger partial charge in [0, 0.05) is 16.9 Å².